The fraction of sp³-hybridized carbons (Fsp3) is 0.278. The van der Waals surface area contributed by atoms with Crippen LogP contribution in [-0.4, -0.2) is 40.6 Å². The summed E-state index contributed by atoms with van der Waals surface area (Å²) in [5.41, 5.74) is 0.923. The van der Waals surface area contributed by atoms with Crippen molar-refractivity contribution in [1.29, 1.82) is 0 Å². The predicted molar refractivity (Wildman–Crippen MR) is 99.9 cm³/mol. The summed E-state index contributed by atoms with van der Waals surface area (Å²) in [4.78, 5) is 12.2. The number of aromatic nitrogens is 3. The molecule has 2 heterocycles. The Hall–Kier alpha value is -2.94. The molecule has 142 valence electrons. The van der Waals surface area contributed by atoms with Crippen LogP contribution >= 0.6 is 11.8 Å². The molecule has 1 aromatic carbocycles. The third kappa shape index (κ3) is 5.04. The number of hydrogen-bond acceptors (Lipinski definition) is 7. The zero-order valence-electron chi connectivity index (χ0n) is 15.0. The van der Waals surface area contributed by atoms with Crippen LogP contribution in [0.1, 0.15) is 11.3 Å². The smallest absolute Gasteiger partial charge is 0.230 e. The van der Waals surface area contributed by atoms with Gasteiger partial charge < -0.3 is 23.8 Å². The van der Waals surface area contributed by atoms with Gasteiger partial charge in [0.15, 0.2) is 16.7 Å². The highest BCUT2D eigenvalue weighted by Gasteiger charge is 2.11. The molecule has 0 fully saturated rings. The molecule has 0 unspecified atom stereocenters. The Morgan fingerprint density at radius 3 is 2.85 bits per heavy atom. The minimum Gasteiger partial charge on any atom is -0.493 e. The van der Waals surface area contributed by atoms with Crippen molar-refractivity contribution in [3.8, 4) is 11.5 Å². The van der Waals surface area contributed by atoms with Gasteiger partial charge in [0.2, 0.25) is 5.91 Å². The maximum Gasteiger partial charge on any atom is 0.230 e. The molecule has 0 radical (unpaired) electrons. The van der Waals surface area contributed by atoms with Gasteiger partial charge in [-0.05, 0) is 29.8 Å². The van der Waals surface area contributed by atoms with Crippen molar-refractivity contribution in [2.75, 3.05) is 20.0 Å². The second-order valence-electron chi connectivity index (χ2n) is 5.58. The first-order valence-corrected chi connectivity index (χ1v) is 9.18. The van der Waals surface area contributed by atoms with Gasteiger partial charge in [-0.3, -0.25) is 4.79 Å². The molecule has 2 aromatic heterocycles. The third-order valence-electron chi connectivity index (χ3n) is 3.76. The Morgan fingerprint density at radius 2 is 2.11 bits per heavy atom. The van der Waals surface area contributed by atoms with Gasteiger partial charge in [-0.25, -0.2) is 0 Å². The summed E-state index contributed by atoms with van der Waals surface area (Å²) >= 11 is 1.32. The Morgan fingerprint density at radius 1 is 1.26 bits per heavy atom. The monoisotopic (exact) mass is 388 g/mol. The van der Waals surface area contributed by atoms with E-state index in [4.69, 9.17) is 13.9 Å². The lowest BCUT2D eigenvalue weighted by atomic mass is 10.2. The van der Waals surface area contributed by atoms with Gasteiger partial charge in [-0.1, -0.05) is 17.8 Å². The molecule has 9 heteroatoms. The minimum atomic E-state index is -0.0951. The van der Waals surface area contributed by atoms with Gasteiger partial charge in [-0.2, -0.15) is 0 Å². The molecular weight excluding hydrogens is 368 g/mol. The highest BCUT2D eigenvalue weighted by atomic mass is 32.2. The first kappa shape index (κ1) is 18.8. The number of rotatable bonds is 9. The number of benzene rings is 1. The average Bonchev–Trinajstić information content (AvgIpc) is 3.36. The van der Waals surface area contributed by atoms with Crippen molar-refractivity contribution in [3.63, 3.8) is 0 Å². The number of ether oxygens (including phenoxy) is 2. The van der Waals surface area contributed by atoms with Crippen molar-refractivity contribution in [2.45, 2.75) is 18.2 Å². The molecule has 0 aliphatic carbocycles. The van der Waals surface area contributed by atoms with Gasteiger partial charge in [-0.15, -0.1) is 10.2 Å². The number of nitrogens with one attached hydrogen (secondary N) is 1. The average molecular weight is 388 g/mol. The number of carbonyl (C=O) groups excluding carboxylic acids is 1. The first-order valence-electron chi connectivity index (χ1n) is 8.20. The molecule has 3 aromatic rings. The summed E-state index contributed by atoms with van der Waals surface area (Å²) in [6, 6.07) is 9.24. The Bertz CT molecular complexity index is 879. The number of thioether (sulfide) groups is 1. The molecule has 0 spiro atoms. The number of nitrogens with zero attached hydrogens (tertiary/aromatic N) is 3. The Balaban J connectivity index is 1.50. The van der Waals surface area contributed by atoms with E-state index in [9.17, 15) is 4.79 Å². The summed E-state index contributed by atoms with van der Waals surface area (Å²) in [5, 5.41) is 11.5. The fourth-order valence-electron chi connectivity index (χ4n) is 2.41. The molecule has 0 atom stereocenters. The van der Waals surface area contributed by atoms with Crippen LogP contribution in [0.15, 0.2) is 52.5 Å². The quantitative estimate of drug-likeness (QED) is 0.563. The molecule has 0 saturated carbocycles. The molecule has 0 saturated heterocycles. The molecule has 0 aliphatic rings. The lowest BCUT2D eigenvalue weighted by Gasteiger charge is -2.10. The summed E-state index contributed by atoms with van der Waals surface area (Å²) in [6.45, 7) is 0.925. The number of furan rings is 1. The maximum absolute atomic E-state index is 12.2. The van der Waals surface area contributed by atoms with Crippen molar-refractivity contribution in [3.05, 3.63) is 54.2 Å². The number of carbonyl (C=O) groups is 1. The number of hydrogen-bond donors (Lipinski definition) is 1. The highest BCUT2D eigenvalue weighted by Crippen LogP contribution is 2.27. The lowest BCUT2D eigenvalue weighted by Crippen LogP contribution is -2.24. The largest absolute Gasteiger partial charge is 0.493 e. The molecule has 1 amide bonds. The van der Waals surface area contributed by atoms with E-state index in [0.29, 0.717) is 29.7 Å². The van der Waals surface area contributed by atoms with Crippen LogP contribution in [-0.2, 0) is 17.9 Å². The third-order valence-corrected chi connectivity index (χ3v) is 4.74. The SMILES string of the molecule is COc1ccc(CNC(=O)CSc2nncn2Cc2ccco2)cc1OC. The predicted octanol–water partition coefficient (Wildman–Crippen LogP) is 2.35. The van der Waals surface area contributed by atoms with Crippen molar-refractivity contribution in [1.82, 2.24) is 20.1 Å². The number of amides is 1. The van der Waals surface area contributed by atoms with Gasteiger partial charge >= 0.3 is 0 Å². The van der Waals surface area contributed by atoms with Crippen molar-refractivity contribution >= 4 is 17.7 Å². The lowest BCUT2D eigenvalue weighted by molar-refractivity contribution is -0.118. The standard InChI is InChI=1S/C18H20N4O4S/c1-24-15-6-5-13(8-16(15)25-2)9-19-17(23)11-27-18-21-20-12-22(18)10-14-4-3-7-26-14/h3-8,12H,9-11H2,1-2H3,(H,19,23). The molecule has 3 rings (SSSR count). The van der Waals surface area contributed by atoms with Gasteiger partial charge in [0.25, 0.3) is 0 Å². The van der Waals surface area contributed by atoms with E-state index in [1.807, 2.05) is 34.9 Å². The molecule has 1 N–H and O–H groups in total. The topological polar surface area (TPSA) is 91.4 Å². The van der Waals surface area contributed by atoms with E-state index in [-0.39, 0.29) is 11.7 Å². The van der Waals surface area contributed by atoms with Crippen LogP contribution in [0.2, 0.25) is 0 Å². The Kier molecular flexibility index (Phi) is 6.37. The van der Waals surface area contributed by atoms with Crippen LogP contribution in [0.25, 0.3) is 0 Å². The highest BCUT2D eigenvalue weighted by molar-refractivity contribution is 7.99. The van der Waals surface area contributed by atoms with Crippen LogP contribution in [0, 0.1) is 0 Å². The normalized spacial score (nSPS) is 10.6. The van der Waals surface area contributed by atoms with E-state index in [0.717, 1.165) is 11.3 Å². The van der Waals surface area contributed by atoms with E-state index < -0.39 is 0 Å². The van der Waals surface area contributed by atoms with Gasteiger partial charge in [0.1, 0.15) is 12.1 Å². The van der Waals surface area contributed by atoms with E-state index >= 15 is 0 Å². The summed E-state index contributed by atoms with van der Waals surface area (Å²) in [5.74, 6) is 2.23. The van der Waals surface area contributed by atoms with Gasteiger partial charge in [0, 0.05) is 6.54 Å². The van der Waals surface area contributed by atoms with Crippen molar-refractivity contribution < 1.29 is 18.7 Å². The second kappa shape index (κ2) is 9.13. The van der Waals surface area contributed by atoms with E-state index in [1.54, 1.807) is 26.8 Å². The fourth-order valence-corrected chi connectivity index (χ4v) is 3.15. The summed E-state index contributed by atoms with van der Waals surface area (Å²) < 4.78 is 17.6. The zero-order chi connectivity index (χ0) is 19.1. The van der Waals surface area contributed by atoms with Crippen LogP contribution < -0.4 is 14.8 Å². The summed E-state index contributed by atoms with van der Waals surface area (Å²) in [6.07, 6.45) is 3.24. The Labute approximate surface area is 160 Å². The van der Waals surface area contributed by atoms with Crippen LogP contribution in [0.4, 0.5) is 0 Å². The second-order valence-corrected chi connectivity index (χ2v) is 6.52. The molecule has 0 bridgehead atoms. The zero-order valence-corrected chi connectivity index (χ0v) is 15.9. The van der Waals surface area contributed by atoms with Crippen molar-refractivity contribution in [2.24, 2.45) is 0 Å². The maximum atomic E-state index is 12.2. The van der Waals surface area contributed by atoms with Crippen LogP contribution in [0.3, 0.4) is 0 Å². The molecule has 27 heavy (non-hydrogen) atoms. The van der Waals surface area contributed by atoms with Gasteiger partial charge in [0.05, 0.1) is 32.8 Å². The molecular formula is C18H20N4O4S. The molecule has 8 nitrogen and oxygen atoms in total. The van der Waals surface area contributed by atoms with E-state index in [2.05, 4.69) is 15.5 Å². The van der Waals surface area contributed by atoms with Crippen LogP contribution in [0.5, 0.6) is 11.5 Å². The van der Waals surface area contributed by atoms with E-state index in [1.165, 1.54) is 11.8 Å². The summed E-state index contributed by atoms with van der Waals surface area (Å²) in [7, 11) is 3.16. The number of methoxy groups -OCH3 is 2. The molecule has 0 aliphatic heterocycles. The first-order chi connectivity index (χ1) is 13.2. The minimum absolute atomic E-state index is 0.0951.